The molecule has 0 fully saturated rings. The van der Waals surface area contributed by atoms with Crippen LogP contribution in [0.2, 0.25) is 0 Å². The Labute approximate surface area is 117 Å². The molecule has 0 amide bonds. The highest BCUT2D eigenvalue weighted by Gasteiger charge is 2.43. The number of rotatable bonds is 4. The van der Waals surface area contributed by atoms with Gasteiger partial charge in [-0.2, -0.15) is 0 Å². The fourth-order valence-electron chi connectivity index (χ4n) is 2.76. The van der Waals surface area contributed by atoms with Crippen molar-refractivity contribution in [3.05, 3.63) is 23.8 Å². The maximum atomic E-state index is 12.2. The molecule has 1 aromatic rings. The number of benzene rings is 1. The van der Waals surface area contributed by atoms with Gasteiger partial charge < -0.3 is 14.9 Å². The molecule has 20 heavy (non-hydrogen) atoms. The van der Waals surface area contributed by atoms with E-state index in [-0.39, 0.29) is 30.3 Å². The van der Waals surface area contributed by atoms with Gasteiger partial charge in [-0.3, -0.25) is 9.59 Å². The van der Waals surface area contributed by atoms with Crippen molar-refractivity contribution in [2.75, 3.05) is 0 Å². The smallest absolute Gasteiger partial charge is 0.303 e. The van der Waals surface area contributed by atoms with Crippen LogP contribution in [0.4, 0.5) is 0 Å². The van der Waals surface area contributed by atoms with E-state index in [0.717, 1.165) is 0 Å². The standard InChI is InChI=1S/C15H18O5/c1-3-9(6-14(18)19)15(2)8-12(17)11-5-4-10(16)7-13(11)20-15/h4-5,7,9,16H,3,6,8H2,1-2H3,(H,18,19). The van der Waals surface area contributed by atoms with Gasteiger partial charge in [-0.05, 0) is 25.5 Å². The van der Waals surface area contributed by atoms with Crippen LogP contribution in [0.3, 0.4) is 0 Å². The molecule has 1 aliphatic rings. The lowest BCUT2D eigenvalue weighted by molar-refractivity contribution is -0.140. The number of carboxylic acids is 1. The number of ketones is 1. The van der Waals surface area contributed by atoms with Crippen LogP contribution < -0.4 is 4.74 Å². The Bertz CT molecular complexity index is 551. The highest BCUT2D eigenvalue weighted by Crippen LogP contribution is 2.40. The van der Waals surface area contributed by atoms with Crippen molar-refractivity contribution < 1.29 is 24.5 Å². The van der Waals surface area contributed by atoms with Crippen molar-refractivity contribution >= 4 is 11.8 Å². The first-order chi connectivity index (χ1) is 9.35. The summed E-state index contributed by atoms with van der Waals surface area (Å²) < 4.78 is 5.88. The second kappa shape index (κ2) is 5.15. The number of hydrogen-bond donors (Lipinski definition) is 2. The predicted octanol–water partition coefficient (Wildman–Crippen LogP) is 2.62. The van der Waals surface area contributed by atoms with Crippen molar-refractivity contribution in [3.8, 4) is 11.5 Å². The Morgan fingerprint density at radius 3 is 2.80 bits per heavy atom. The number of aromatic hydroxyl groups is 1. The van der Waals surface area contributed by atoms with Gasteiger partial charge in [0.2, 0.25) is 0 Å². The first-order valence-corrected chi connectivity index (χ1v) is 6.62. The van der Waals surface area contributed by atoms with Crippen molar-refractivity contribution in [3.63, 3.8) is 0 Å². The Morgan fingerprint density at radius 1 is 1.50 bits per heavy atom. The number of phenolic OH excluding ortho intramolecular Hbond substituents is 1. The second-order valence-electron chi connectivity index (χ2n) is 5.40. The van der Waals surface area contributed by atoms with Gasteiger partial charge in [0.15, 0.2) is 5.78 Å². The number of ether oxygens (including phenoxy) is 1. The summed E-state index contributed by atoms with van der Waals surface area (Å²) in [5, 5.41) is 18.5. The van der Waals surface area contributed by atoms with Gasteiger partial charge in [-0.15, -0.1) is 0 Å². The van der Waals surface area contributed by atoms with E-state index in [2.05, 4.69) is 0 Å². The molecule has 108 valence electrons. The molecule has 2 rings (SSSR count). The summed E-state index contributed by atoms with van der Waals surface area (Å²) in [5.74, 6) is -0.910. The zero-order valence-electron chi connectivity index (χ0n) is 11.5. The lowest BCUT2D eigenvalue weighted by atomic mass is 9.78. The quantitative estimate of drug-likeness (QED) is 0.884. The molecule has 0 bridgehead atoms. The minimum atomic E-state index is -0.907. The highest BCUT2D eigenvalue weighted by molar-refractivity contribution is 6.00. The molecule has 0 aromatic heterocycles. The minimum Gasteiger partial charge on any atom is -0.508 e. The van der Waals surface area contributed by atoms with Crippen molar-refractivity contribution in [2.45, 2.75) is 38.7 Å². The number of phenols is 1. The van der Waals surface area contributed by atoms with E-state index in [9.17, 15) is 14.7 Å². The van der Waals surface area contributed by atoms with Crippen molar-refractivity contribution in [1.29, 1.82) is 0 Å². The SMILES string of the molecule is CCC(CC(=O)O)C1(C)CC(=O)c2ccc(O)cc2O1. The summed E-state index contributed by atoms with van der Waals surface area (Å²) in [6.07, 6.45) is 0.704. The summed E-state index contributed by atoms with van der Waals surface area (Å²) in [6.45, 7) is 3.64. The fraction of sp³-hybridized carbons (Fsp3) is 0.467. The van der Waals surface area contributed by atoms with Gasteiger partial charge in [0.25, 0.3) is 0 Å². The number of fused-ring (bicyclic) bond motifs is 1. The second-order valence-corrected chi connectivity index (χ2v) is 5.40. The average molecular weight is 278 g/mol. The van der Waals surface area contributed by atoms with Crippen LogP contribution in [-0.4, -0.2) is 27.6 Å². The number of Topliss-reactive ketones (excluding diaryl/α,β-unsaturated/α-hetero) is 1. The maximum absolute atomic E-state index is 12.2. The molecule has 0 spiro atoms. The molecular formula is C15H18O5. The molecule has 1 heterocycles. The van der Waals surface area contributed by atoms with Gasteiger partial charge in [-0.1, -0.05) is 6.92 Å². The Kier molecular flexibility index (Phi) is 3.70. The molecular weight excluding hydrogens is 260 g/mol. The first kappa shape index (κ1) is 14.4. The summed E-state index contributed by atoms with van der Waals surface area (Å²) in [4.78, 5) is 23.2. The molecule has 1 aromatic carbocycles. The van der Waals surface area contributed by atoms with Gasteiger partial charge in [0.05, 0.1) is 18.4 Å². The van der Waals surface area contributed by atoms with Gasteiger partial charge in [0.1, 0.15) is 17.1 Å². The number of hydrogen-bond acceptors (Lipinski definition) is 4. The Morgan fingerprint density at radius 2 is 2.20 bits per heavy atom. The van der Waals surface area contributed by atoms with Gasteiger partial charge in [-0.25, -0.2) is 0 Å². The third-order valence-corrected chi connectivity index (χ3v) is 3.90. The molecule has 5 nitrogen and oxygen atoms in total. The normalized spacial score (nSPS) is 22.8. The largest absolute Gasteiger partial charge is 0.508 e. The topological polar surface area (TPSA) is 83.8 Å². The number of carboxylic acid groups (broad SMARTS) is 1. The lowest BCUT2D eigenvalue weighted by Crippen LogP contribution is -2.46. The van der Waals surface area contributed by atoms with E-state index >= 15 is 0 Å². The van der Waals surface area contributed by atoms with Crippen LogP contribution in [-0.2, 0) is 4.79 Å². The van der Waals surface area contributed by atoms with Gasteiger partial charge >= 0.3 is 5.97 Å². The highest BCUT2D eigenvalue weighted by atomic mass is 16.5. The van der Waals surface area contributed by atoms with E-state index in [4.69, 9.17) is 9.84 Å². The molecule has 2 N–H and O–H groups in total. The van der Waals surface area contributed by atoms with Crippen molar-refractivity contribution in [1.82, 2.24) is 0 Å². The van der Waals surface area contributed by atoms with E-state index in [1.807, 2.05) is 6.92 Å². The predicted molar refractivity (Wildman–Crippen MR) is 72.1 cm³/mol. The van der Waals surface area contributed by atoms with Crippen LogP contribution in [0, 0.1) is 5.92 Å². The third kappa shape index (κ3) is 2.61. The molecule has 0 saturated heterocycles. The summed E-state index contributed by atoms with van der Waals surface area (Å²) >= 11 is 0. The zero-order chi connectivity index (χ0) is 14.9. The summed E-state index contributed by atoms with van der Waals surface area (Å²) in [7, 11) is 0. The molecule has 2 unspecified atom stereocenters. The number of carbonyl (C=O) groups excluding carboxylic acids is 1. The van der Waals surface area contributed by atoms with E-state index in [1.54, 1.807) is 6.92 Å². The fourth-order valence-corrected chi connectivity index (χ4v) is 2.76. The monoisotopic (exact) mass is 278 g/mol. The summed E-state index contributed by atoms with van der Waals surface area (Å²) in [5.41, 5.74) is -0.421. The number of aliphatic carboxylic acids is 1. The molecule has 2 atom stereocenters. The molecule has 1 aliphatic heterocycles. The van der Waals surface area contributed by atoms with Crippen molar-refractivity contribution in [2.24, 2.45) is 5.92 Å². The minimum absolute atomic E-state index is 0.0204. The average Bonchev–Trinajstić information content (AvgIpc) is 2.34. The van der Waals surface area contributed by atoms with Crippen LogP contribution in [0.15, 0.2) is 18.2 Å². The van der Waals surface area contributed by atoms with Crippen LogP contribution in [0.5, 0.6) is 11.5 Å². The van der Waals surface area contributed by atoms with Crippen LogP contribution in [0.1, 0.15) is 43.5 Å². The number of carbonyl (C=O) groups is 2. The first-order valence-electron chi connectivity index (χ1n) is 6.62. The Hall–Kier alpha value is -2.04. The third-order valence-electron chi connectivity index (χ3n) is 3.90. The maximum Gasteiger partial charge on any atom is 0.303 e. The van der Waals surface area contributed by atoms with E-state index in [0.29, 0.717) is 17.7 Å². The molecule has 5 heteroatoms. The molecule has 0 aliphatic carbocycles. The lowest BCUT2D eigenvalue weighted by Gasteiger charge is -2.40. The Balaban J connectivity index is 2.35. The van der Waals surface area contributed by atoms with E-state index in [1.165, 1.54) is 18.2 Å². The van der Waals surface area contributed by atoms with Gasteiger partial charge in [0, 0.05) is 12.0 Å². The molecule has 0 saturated carbocycles. The van der Waals surface area contributed by atoms with Crippen LogP contribution >= 0.6 is 0 Å². The summed E-state index contributed by atoms with van der Waals surface area (Å²) in [6, 6.07) is 4.38. The van der Waals surface area contributed by atoms with Crippen LogP contribution in [0.25, 0.3) is 0 Å². The zero-order valence-corrected chi connectivity index (χ0v) is 11.5. The molecule has 0 radical (unpaired) electrons. The van der Waals surface area contributed by atoms with E-state index < -0.39 is 11.6 Å².